The van der Waals surface area contributed by atoms with Crippen molar-refractivity contribution in [3.05, 3.63) is 53.7 Å². The van der Waals surface area contributed by atoms with Crippen LogP contribution >= 0.6 is 0 Å². The summed E-state index contributed by atoms with van der Waals surface area (Å²) in [7, 11) is 1.52. The Labute approximate surface area is 109 Å². The second-order valence-corrected chi connectivity index (χ2v) is 3.75. The first-order valence-electron chi connectivity index (χ1n) is 5.57. The van der Waals surface area contributed by atoms with Crippen LogP contribution in [0.15, 0.2) is 36.8 Å². The molecule has 0 spiro atoms. The van der Waals surface area contributed by atoms with E-state index in [4.69, 9.17) is 4.74 Å². The van der Waals surface area contributed by atoms with Crippen molar-refractivity contribution in [2.75, 3.05) is 7.11 Å². The normalized spacial score (nSPS) is 10.0. The molecule has 0 unspecified atom stereocenters. The minimum absolute atomic E-state index is 0.0310. The number of nitrogens with one attached hydrogen (secondary N) is 1. The molecule has 0 aliphatic rings. The average molecular weight is 261 g/mol. The van der Waals surface area contributed by atoms with Crippen molar-refractivity contribution < 1.29 is 13.9 Å². The van der Waals surface area contributed by atoms with Crippen LogP contribution in [0.1, 0.15) is 15.9 Å². The largest absolute Gasteiger partial charge is 0.481 e. The van der Waals surface area contributed by atoms with E-state index < -0.39 is 11.7 Å². The van der Waals surface area contributed by atoms with Gasteiger partial charge >= 0.3 is 0 Å². The molecule has 2 rings (SSSR count). The number of carbonyl (C=O) groups is 1. The van der Waals surface area contributed by atoms with Crippen molar-refractivity contribution in [1.29, 1.82) is 0 Å². The maximum Gasteiger partial charge on any atom is 0.254 e. The average Bonchev–Trinajstić information content (AvgIpc) is 2.46. The molecule has 0 aromatic carbocycles. The Kier molecular flexibility index (Phi) is 4.02. The van der Waals surface area contributed by atoms with Crippen molar-refractivity contribution in [3.63, 3.8) is 0 Å². The molecule has 19 heavy (non-hydrogen) atoms. The van der Waals surface area contributed by atoms with Crippen LogP contribution in [0.5, 0.6) is 5.88 Å². The lowest BCUT2D eigenvalue weighted by Crippen LogP contribution is -2.23. The summed E-state index contributed by atoms with van der Waals surface area (Å²) in [6, 6.07) is 4.79. The molecule has 1 N–H and O–H groups in total. The molecule has 5 nitrogen and oxygen atoms in total. The highest BCUT2D eigenvalue weighted by Crippen LogP contribution is 2.07. The van der Waals surface area contributed by atoms with Crippen molar-refractivity contribution >= 4 is 5.91 Å². The maximum atomic E-state index is 13.3. The van der Waals surface area contributed by atoms with Crippen LogP contribution < -0.4 is 10.1 Å². The molecule has 0 atom stereocenters. The van der Waals surface area contributed by atoms with E-state index in [1.807, 2.05) is 0 Å². The minimum atomic E-state index is -0.646. The van der Waals surface area contributed by atoms with Crippen molar-refractivity contribution in [3.8, 4) is 5.88 Å². The first-order valence-corrected chi connectivity index (χ1v) is 5.57. The van der Waals surface area contributed by atoms with E-state index >= 15 is 0 Å². The zero-order valence-corrected chi connectivity index (χ0v) is 10.3. The Morgan fingerprint density at radius 1 is 1.37 bits per heavy atom. The smallest absolute Gasteiger partial charge is 0.254 e. The van der Waals surface area contributed by atoms with Gasteiger partial charge in [-0.2, -0.15) is 0 Å². The summed E-state index contributed by atoms with van der Waals surface area (Å²) in [5.41, 5.74) is 0.764. The van der Waals surface area contributed by atoms with E-state index in [0.717, 1.165) is 11.8 Å². The molecule has 0 aliphatic carbocycles. The molecule has 98 valence electrons. The summed E-state index contributed by atoms with van der Waals surface area (Å²) in [4.78, 5) is 19.3. The van der Waals surface area contributed by atoms with E-state index in [2.05, 4.69) is 15.3 Å². The third kappa shape index (κ3) is 3.25. The zero-order valence-electron chi connectivity index (χ0n) is 10.3. The van der Waals surface area contributed by atoms with Gasteiger partial charge in [0.15, 0.2) is 5.82 Å². The van der Waals surface area contributed by atoms with E-state index in [1.54, 1.807) is 18.3 Å². The maximum absolute atomic E-state index is 13.3. The van der Waals surface area contributed by atoms with Gasteiger partial charge in [-0.3, -0.25) is 9.78 Å². The zero-order chi connectivity index (χ0) is 13.7. The summed E-state index contributed by atoms with van der Waals surface area (Å²) in [6.07, 6.45) is 3.96. The van der Waals surface area contributed by atoms with Gasteiger partial charge in [0, 0.05) is 25.0 Å². The lowest BCUT2D eigenvalue weighted by molar-refractivity contribution is 0.0946. The van der Waals surface area contributed by atoms with Crippen LogP contribution in [0.4, 0.5) is 4.39 Å². The van der Waals surface area contributed by atoms with Crippen molar-refractivity contribution in [2.24, 2.45) is 0 Å². The van der Waals surface area contributed by atoms with Gasteiger partial charge in [0.1, 0.15) is 0 Å². The molecule has 0 saturated heterocycles. The highest BCUT2D eigenvalue weighted by atomic mass is 19.1. The number of rotatable bonds is 4. The third-order valence-electron chi connectivity index (χ3n) is 2.48. The Morgan fingerprint density at radius 3 is 2.84 bits per heavy atom. The first-order chi connectivity index (χ1) is 9.20. The van der Waals surface area contributed by atoms with Crippen molar-refractivity contribution in [2.45, 2.75) is 6.54 Å². The molecular formula is C13H12FN3O2. The third-order valence-corrected chi connectivity index (χ3v) is 2.48. The lowest BCUT2D eigenvalue weighted by atomic mass is 10.2. The highest BCUT2D eigenvalue weighted by molar-refractivity contribution is 5.94. The predicted molar refractivity (Wildman–Crippen MR) is 66.2 cm³/mol. The standard InChI is InChI=1S/C13H12FN3O2/c1-19-12-3-2-9(6-16-12)7-17-13(18)10-4-5-15-8-11(10)14/h2-6,8H,7H2,1H3,(H,17,18). The van der Waals surface area contributed by atoms with Gasteiger partial charge in [0.25, 0.3) is 5.91 Å². The second kappa shape index (κ2) is 5.90. The molecule has 0 bridgehead atoms. The molecule has 0 radical (unpaired) electrons. The number of aromatic nitrogens is 2. The monoisotopic (exact) mass is 261 g/mol. The molecule has 6 heteroatoms. The topological polar surface area (TPSA) is 64.1 Å². The van der Waals surface area contributed by atoms with Gasteiger partial charge in [0.05, 0.1) is 18.9 Å². The van der Waals surface area contributed by atoms with Crippen LogP contribution in [-0.2, 0) is 6.54 Å². The number of halogens is 1. The number of carbonyl (C=O) groups excluding carboxylic acids is 1. The Hall–Kier alpha value is -2.50. The number of ether oxygens (including phenoxy) is 1. The minimum Gasteiger partial charge on any atom is -0.481 e. The van der Waals surface area contributed by atoms with Crippen LogP contribution in [-0.4, -0.2) is 23.0 Å². The molecule has 0 fully saturated rings. The molecule has 1 amide bonds. The number of hydrogen-bond donors (Lipinski definition) is 1. The summed E-state index contributed by atoms with van der Waals surface area (Å²) in [5, 5.41) is 2.61. The number of methoxy groups -OCH3 is 1. The van der Waals surface area contributed by atoms with Gasteiger partial charge in [-0.05, 0) is 11.6 Å². The first kappa shape index (κ1) is 12.9. The summed E-state index contributed by atoms with van der Waals surface area (Å²) >= 11 is 0. The SMILES string of the molecule is COc1ccc(CNC(=O)c2ccncc2F)cn1. The molecular weight excluding hydrogens is 249 g/mol. The Balaban J connectivity index is 1.98. The fraction of sp³-hybridized carbons (Fsp3) is 0.154. The predicted octanol–water partition coefficient (Wildman–Crippen LogP) is 1.55. The Bertz CT molecular complexity index is 572. The van der Waals surface area contributed by atoms with E-state index in [-0.39, 0.29) is 12.1 Å². The van der Waals surface area contributed by atoms with Gasteiger partial charge < -0.3 is 10.1 Å². The van der Waals surface area contributed by atoms with Gasteiger partial charge in [-0.25, -0.2) is 9.37 Å². The summed E-state index contributed by atoms with van der Waals surface area (Å²) in [6.45, 7) is 0.261. The van der Waals surface area contributed by atoms with Crippen LogP contribution in [0, 0.1) is 5.82 Å². The molecule has 2 aromatic heterocycles. The Morgan fingerprint density at radius 2 is 2.21 bits per heavy atom. The quantitative estimate of drug-likeness (QED) is 0.907. The van der Waals surface area contributed by atoms with E-state index in [0.29, 0.717) is 5.88 Å². The van der Waals surface area contributed by atoms with Gasteiger partial charge in [-0.15, -0.1) is 0 Å². The molecule has 0 saturated carbocycles. The molecule has 0 aliphatic heterocycles. The van der Waals surface area contributed by atoms with E-state index in [1.165, 1.54) is 19.4 Å². The second-order valence-electron chi connectivity index (χ2n) is 3.75. The number of amides is 1. The number of hydrogen-bond acceptors (Lipinski definition) is 4. The summed E-state index contributed by atoms with van der Waals surface area (Å²) in [5.74, 6) is -0.640. The number of nitrogens with zero attached hydrogens (tertiary/aromatic N) is 2. The van der Waals surface area contributed by atoms with E-state index in [9.17, 15) is 9.18 Å². The fourth-order valence-corrected chi connectivity index (χ4v) is 1.47. The fourth-order valence-electron chi connectivity index (χ4n) is 1.47. The lowest BCUT2D eigenvalue weighted by Gasteiger charge is -2.06. The van der Waals surface area contributed by atoms with Gasteiger partial charge in [0.2, 0.25) is 5.88 Å². The summed E-state index contributed by atoms with van der Waals surface area (Å²) < 4.78 is 18.2. The number of pyridine rings is 2. The van der Waals surface area contributed by atoms with Gasteiger partial charge in [-0.1, -0.05) is 6.07 Å². The molecule has 2 heterocycles. The van der Waals surface area contributed by atoms with Crippen LogP contribution in [0.25, 0.3) is 0 Å². The van der Waals surface area contributed by atoms with Crippen molar-refractivity contribution in [1.82, 2.24) is 15.3 Å². The van der Waals surface area contributed by atoms with Crippen LogP contribution in [0.2, 0.25) is 0 Å². The highest BCUT2D eigenvalue weighted by Gasteiger charge is 2.10. The molecule has 2 aromatic rings. The van der Waals surface area contributed by atoms with Crippen LogP contribution in [0.3, 0.4) is 0 Å².